The van der Waals surface area contributed by atoms with E-state index in [1.807, 2.05) is 55.5 Å². The maximum absolute atomic E-state index is 13.1. The van der Waals surface area contributed by atoms with Gasteiger partial charge in [0.1, 0.15) is 6.10 Å². The molecule has 0 aliphatic carbocycles. The minimum Gasteiger partial charge on any atom is -0.467 e. The predicted octanol–water partition coefficient (Wildman–Crippen LogP) is 4.99. The number of fused-ring (bicyclic) bond motifs is 2. The number of benzene rings is 3. The molecular weight excluding hydrogens is 416 g/mol. The summed E-state index contributed by atoms with van der Waals surface area (Å²) >= 11 is 1.54. The van der Waals surface area contributed by atoms with Gasteiger partial charge in [-0.1, -0.05) is 53.8 Å². The maximum Gasteiger partial charge on any atom is 0.274 e. The Labute approximate surface area is 180 Å². The number of ether oxygens (including phenoxy) is 1. The van der Waals surface area contributed by atoms with Crippen molar-refractivity contribution in [1.29, 1.82) is 0 Å². The molecule has 1 aliphatic heterocycles. The minimum absolute atomic E-state index is 0.0195. The molecule has 5 rings (SSSR count). The van der Waals surface area contributed by atoms with Crippen molar-refractivity contribution in [2.45, 2.75) is 30.8 Å². The summed E-state index contributed by atoms with van der Waals surface area (Å²) in [5.41, 5.74) is 2.11. The van der Waals surface area contributed by atoms with Crippen LogP contribution in [-0.4, -0.2) is 36.9 Å². The summed E-state index contributed by atoms with van der Waals surface area (Å²) in [6, 6.07) is 19.2. The lowest BCUT2D eigenvalue weighted by Gasteiger charge is -2.30. The van der Waals surface area contributed by atoms with E-state index in [4.69, 9.17) is 4.74 Å². The third-order valence-electron chi connectivity index (χ3n) is 5.63. The van der Waals surface area contributed by atoms with Crippen LogP contribution in [0.3, 0.4) is 0 Å². The fourth-order valence-electron chi connectivity index (χ4n) is 3.93. The Morgan fingerprint density at radius 3 is 2.53 bits per heavy atom. The molecule has 7 heteroatoms. The highest BCUT2D eigenvalue weighted by Crippen LogP contribution is 2.32. The van der Waals surface area contributed by atoms with Gasteiger partial charge in [0.25, 0.3) is 5.19 Å². The number of thiazole rings is 1. The zero-order valence-corrected chi connectivity index (χ0v) is 18.2. The van der Waals surface area contributed by atoms with Crippen molar-refractivity contribution in [3.05, 3.63) is 66.2 Å². The third-order valence-corrected chi connectivity index (χ3v) is 8.43. The first kappa shape index (κ1) is 19.5. The lowest BCUT2D eigenvalue weighted by Crippen LogP contribution is -2.41. The molecule has 4 aromatic rings. The highest BCUT2D eigenvalue weighted by atomic mass is 32.2. The van der Waals surface area contributed by atoms with Crippen molar-refractivity contribution < 1.29 is 13.2 Å². The van der Waals surface area contributed by atoms with E-state index in [0.717, 1.165) is 26.6 Å². The topological polar surface area (TPSA) is 59.5 Å². The standard InChI is InChI=1S/C23H22N2O3S2/c1-16-5-4-8-21-22(16)24-23(29-21)28-19-11-13-25(14-12-19)30(26,27)20-10-9-17-6-2-3-7-18(17)15-20/h2-10,15,19H,11-14H2,1H3. The molecule has 2 heterocycles. The summed E-state index contributed by atoms with van der Waals surface area (Å²) in [5.74, 6) is 0. The zero-order chi connectivity index (χ0) is 20.7. The molecule has 0 unspecified atom stereocenters. The van der Waals surface area contributed by atoms with Gasteiger partial charge in [-0.2, -0.15) is 4.31 Å². The summed E-state index contributed by atoms with van der Waals surface area (Å²) in [7, 11) is -3.51. The zero-order valence-electron chi connectivity index (χ0n) is 16.6. The number of sulfonamides is 1. The summed E-state index contributed by atoms with van der Waals surface area (Å²) in [6.07, 6.45) is 1.29. The molecule has 0 spiro atoms. The van der Waals surface area contributed by atoms with Gasteiger partial charge in [-0.05, 0) is 54.3 Å². The second-order valence-corrected chi connectivity index (χ2v) is 10.6. The maximum atomic E-state index is 13.1. The van der Waals surface area contributed by atoms with Crippen LogP contribution in [0.5, 0.6) is 5.19 Å². The number of hydrogen-bond donors (Lipinski definition) is 0. The molecule has 1 fully saturated rings. The Hall–Kier alpha value is -2.48. The van der Waals surface area contributed by atoms with Crippen LogP contribution in [-0.2, 0) is 10.0 Å². The van der Waals surface area contributed by atoms with Gasteiger partial charge < -0.3 is 4.74 Å². The average molecular weight is 439 g/mol. The van der Waals surface area contributed by atoms with Gasteiger partial charge in [0.15, 0.2) is 0 Å². The van der Waals surface area contributed by atoms with Crippen LogP contribution in [0.15, 0.2) is 65.6 Å². The Bertz CT molecular complexity index is 1320. The van der Waals surface area contributed by atoms with Crippen LogP contribution in [0.25, 0.3) is 21.0 Å². The Balaban J connectivity index is 1.28. The molecule has 1 aliphatic rings. The van der Waals surface area contributed by atoms with E-state index in [1.165, 1.54) is 0 Å². The molecule has 5 nitrogen and oxygen atoms in total. The first-order chi connectivity index (χ1) is 14.5. The third kappa shape index (κ3) is 3.57. The molecule has 30 heavy (non-hydrogen) atoms. The van der Waals surface area contributed by atoms with Crippen LogP contribution in [0.4, 0.5) is 0 Å². The number of nitrogens with zero attached hydrogens (tertiary/aromatic N) is 2. The monoisotopic (exact) mass is 438 g/mol. The molecule has 1 saturated heterocycles. The van der Waals surface area contributed by atoms with E-state index in [0.29, 0.717) is 36.0 Å². The van der Waals surface area contributed by atoms with E-state index < -0.39 is 10.0 Å². The van der Waals surface area contributed by atoms with E-state index >= 15 is 0 Å². The average Bonchev–Trinajstić information content (AvgIpc) is 3.18. The van der Waals surface area contributed by atoms with Crippen molar-refractivity contribution in [3.63, 3.8) is 0 Å². The molecule has 0 amide bonds. The molecule has 0 radical (unpaired) electrons. The Morgan fingerprint density at radius 2 is 1.77 bits per heavy atom. The molecular formula is C23H22N2O3S2. The number of aryl methyl sites for hydroxylation is 1. The highest BCUT2D eigenvalue weighted by molar-refractivity contribution is 7.89. The number of piperidine rings is 1. The Morgan fingerprint density at radius 1 is 1.00 bits per heavy atom. The molecule has 0 N–H and O–H groups in total. The Kier molecular flexibility index (Phi) is 4.97. The second-order valence-electron chi connectivity index (χ2n) is 7.63. The van der Waals surface area contributed by atoms with Gasteiger partial charge >= 0.3 is 0 Å². The van der Waals surface area contributed by atoms with Crippen LogP contribution < -0.4 is 4.74 Å². The largest absolute Gasteiger partial charge is 0.467 e. The summed E-state index contributed by atoms with van der Waals surface area (Å²) in [6.45, 7) is 2.94. The van der Waals surface area contributed by atoms with Crippen molar-refractivity contribution >= 4 is 42.3 Å². The van der Waals surface area contributed by atoms with Crippen LogP contribution in [0.2, 0.25) is 0 Å². The molecule has 0 atom stereocenters. The highest BCUT2D eigenvalue weighted by Gasteiger charge is 2.30. The summed E-state index contributed by atoms with van der Waals surface area (Å²) in [5, 5.41) is 2.63. The second kappa shape index (κ2) is 7.65. The van der Waals surface area contributed by atoms with E-state index in [1.54, 1.807) is 27.8 Å². The normalized spacial score (nSPS) is 16.3. The first-order valence-electron chi connectivity index (χ1n) is 10.0. The lowest BCUT2D eigenvalue weighted by molar-refractivity contribution is 0.135. The lowest BCUT2D eigenvalue weighted by atomic mass is 10.1. The van der Waals surface area contributed by atoms with Crippen molar-refractivity contribution in [2.24, 2.45) is 0 Å². The van der Waals surface area contributed by atoms with E-state index in [-0.39, 0.29) is 6.10 Å². The van der Waals surface area contributed by atoms with Crippen molar-refractivity contribution in [1.82, 2.24) is 9.29 Å². The molecule has 1 aromatic heterocycles. The van der Waals surface area contributed by atoms with Gasteiger partial charge in [0, 0.05) is 13.1 Å². The van der Waals surface area contributed by atoms with Gasteiger partial charge in [-0.25, -0.2) is 13.4 Å². The quantitative estimate of drug-likeness (QED) is 0.450. The fourth-order valence-corrected chi connectivity index (χ4v) is 6.39. The fraction of sp³-hybridized carbons (Fsp3) is 0.261. The number of para-hydroxylation sites is 1. The van der Waals surface area contributed by atoms with Crippen LogP contribution in [0.1, 0.15) is 18.4 Å². The van der Waals surface area contributed by atoms with E-state index in [2.05, 4.69) is 4.98 Å². The number of hydrogen-bond acceptors (Lipinski definition) is 5. The summed E-state index contributed by atoms with van der Waals surface area (Å²) in [4.78, 5) is 4.96. The first-order valence-corrected chi connectivity index (χ1v) is 12.3. The van der Waals surface area contributed by atoms with Crippen LogP contribution in [0, 0.1) is 6.92 Å². The number of rotatable bonds is 4. The SMILES string of the molecule is Cc1cccc2sc(OC3CCN(S(=O)(=O)c4ccc5ccccc5c4)CC3)nc12. The smallest absolute Gasteiger partial charge is 0.274 e. The molecule has 0 bridgehead atoms. The van der Waals surface area contributed by atoms with Crippen LogP contribution >= 0.6 is 11.3 Å². The van der Waals surface area contributed by atoms with Gasteiger partial charge in [-0.15, -0.1) is 0 Å². The minimum atomic E-state index is -3.51. The molecule has 154 valence electrons. The summed E-state index contributed by atoms with van der Waals surface area (Å²) < 4.78 is 35.0. The van der Waals surface area contributed by atoms with Gasteiger partial charge in [0.05, 0.1) is 15.1 Å². The van der Waals surface area contributed by atoms with Gasteiger partial charge in [-0.3, -0.25) is 0 Å². The van der Waals surface area contributed by atoms with Crippen molar-refractivity contribution in [2.75, 3.05) is 13.1 Å². The van der Waals surface area contributed by atoms with Crippen molar-refractivity contribution in [3.8, 4) is 5.19 Å². The molecule has 0 saturated carbocycles. The predicted molar refractivity (Wildman–Crippen MR) is 121 cm³/mol. The van der Waals surface area contributed by atoms with E-state index in [9.17, 15) is 8.42 Å². The number of aromatic nitrogens is 1. The molecule has 3 aromatic carbocycles. The van der Waals surface area contributed by atoms with Gasteiger partial charge in [0.2, 0.25) is 10.0 Å².